The Morgan fingerprint density at radius 1 is 1.47 bits per heavy atom. The van der Waals surface area contributed by atoms with Gasteiger partial charge in [0.15, 0.2) is 0 Å². The minimum atomic E-state index is -0.285. The first-order valence-electron chi connectivity index (χ1n) is 5.23. The molecule has 2 nitrogen and oxygen atoms in total. The lowest BCUT2D eigenvalue weighted by Crippen LogP contribution is -2.18. The van der Waals surface area contributed by atoms with Crippen LogP contribution in [0.2, 0.25) is 0 Å². The van der Waals surface area contributed by atoms with Gasteiger partial charge in [0, 0.05) is 6.54 Å². The highest BCUT2D eigenvalue weighted by Crippen LogP contribution is 2.08. The van der Waals surface area contributed by atoms with E-state index in [4.69, 9.17) is 5.11 Å². The molecule has 1 aromatic carbocycles. The lowest BCUT2D eigenvalue weighted by molar-refractivity contribution is 0.183. The average molecular weight is 211 g/mol. The third-order valence-corrected chi connectivity index (χ3v) is 2.30. The summed E-state index contributed by atoms with van der Waals surface area (Å²) in [6.45, 7) is 4.89. The zero-order chi connectivity index (χ0) is 11.3. The van der Waals surface area contributed by atoms with E-state index in [0.717, 1.165) is 12.1 Å². The molecule has 1 aromatic rings. The summed E-state index contributed by atoms with van der Waals surface area (Å²) in [7, 11) is 0. The molecule has 2 N–H and O–H groups in total. The number of aryl methyl sites for hydroxylation is 1. The molecule has 0 spiro atoms. The molecule has 0 amide bonds. The molecule has 0 saturated carbocycles. The van der Waals surface area contributed by atoms with Crippen LogP contribution in [0, 0.1) is 12.7 Å². The van der Waals surface area contributed by atoms with Gasteiger partial charge >= 0.3 is 0 Å². The molecule has 0 bridgehead atoms. The Morgan fingerprint density at radius 3 is 2.80 bits per heavy atom. The first kappa shape index (κ1) is 12.1. The maximum atomic E-state index is 13.1. The van der Waals surface area contributed by atoms with E-state index < -0.39 is 0 Å². The van der Waals surface area contributed by atoms with Gasteiger partial charge in [-0.2, -0.15) is 0 Å². The Balaban J connectivity index is 2.35. The van der Waals surface area contributed by atoms with Gasteiger partial charge < -0.3 is 10.4 Å². The topological polar surface area (TPSA) is 32.3 Å². The van der Waals surface area contributed by atoms with Crippen molar-refractivity contribution in [3.05, 3.63) is 35.1 Å². The van der Waals surface area contributed by atoms with Crippen LogP contribution in [0.25, 0.3) is 0 Å². The van der Waals surface area contributed by atoms with Crippen molar-refractivity contribution in [2.75, 3.05) is 6.54 Å². The quantitative estimate of drug-likeness (QED) is 0.730. The summed E-state index contributed by atoms with van der Waals surface area (Å²) in [6, 6.07) is 5.24. The van der Waals surface area contributed by atoms with E-state index in [-0.39, 0.29) is 11.9 Å². The molecule has 0 aliphatic heterocycles. The third-order valence-electron chi connectivity index (χ3n) is 2.30. The highest BCUT2D eigenvalue weighted by molar-refractivity contribution is 5.23. The predicted octanol–water partition coefficient (Wildman–Crippen LogP) is 1.99. The van der Waals surface area contributed by atoms with E-state index >= 15 is 0 Å². The second-order valence-corrected chi connectivity index (χ2v) is 3.90. The van der Waals surface area contributed by atoms with Crippen LogP contribution in [-0.4, -0.2) is 17.8 Å². The van der Waals surface area contributed by atoms with Gasteiger partial charge in [0.05, 0.1) is 6.10 Å². The standard InChI is InChI=1S/C12H18FNO/c1-9-3-4-11(7-12(9)13)8-14-6-5-10(2)15/h3-4,7,10,14-15H,5-6,8H2,1-2H3/t10-/m0/s1. The fourth-order valence-corrected chi connectivity index (χ4v) is 1.29. The Bertz CT molecular complexity index is 312. The van der Waals surface area contributed by atoms with Crippen molar-refractivity contribution >= 4 is 0 Å². The maximum absolute atomic E-state index is 13.1. The van der Waals surface area contributed by atoms with Crippen molar-refractivity contribution in [2.24, 2.45) is 0 Å². The van der Waals surface area contributed by atoms with Crippen LogP contribution >= 0.6 is 0 Å². The summed E-state index contributed by atoms with van der Waals surface area (Å²) in [5, 5.41) is 12.2. The molecule has 0 radical (unpaired) electrons. The first-order valence-corrected chi connectivity index (χ1v) is 5.23. The average Bonchev–Trinajstić information content (AvgIpc) is 2.18. The van der Waals surface area contributed by atoms with Crippen LogP contribution in [0.4, 0.5) is 4.39 Å². The lowest BCUT2D eigenvalue weighted by atomic mass is 10.1. The Hall–Kier alpha value is -0.930. The predicted molar refractivity (Wildman–Crippen MR) is 59.1 cm³/mol. The normalized spacial score (nSPS) is 12.8. The molecular formula is C12H18FNO. The fraction of sp³-hybridized carbons (Fsp3) is 0.500. The largest absolute Gasteiger partial charge is 0.393 e. The molecule has 1 atom stereocenters. The molecular weight excluding hydrogens is 193 g/mol. The summed E-state index contributed by atoms with van der Waals surface area (Å²) in [4.78, 5) is 0. The number of aliphatic hydroxyl groups is 1. The highest BCUT2D eigenvalue weighted by Gasteiger charge is 1.99. The third kappa shape index (κ3) is 4.40. The van der Waals surface area contributed by atoms with Gasteiger partial charge in [-0.15, -0.1) is 0 Å². The molecule has 0 saturated heterocycles. The van der Waals surface area contributed by atoms with Crippen LogP contribution in [0.1, 0.15) is 24.5 Å². The van der Waals surface area contributed by atoms with Gasteiger partial charge in [-0.3, -0.25) is 0 Å². The van der Waals surface area contributed by atoms with Crippen molar-refractivity contribution < 1.29 is 9.50 Å². The molecule has 84 valence electrons. The number of halogens is 1. The molecule has 0 unspecified atom stereocenters. The summed E-state index contributed by atoms with van der Waals surface area (Å²) in [5.74, 6) is -0.162. The van der Waals surface area contributed by atoms with E-state index in [1.807, 2.05) is 6.07 Å². The molecule has 0 aliphatic rings. The highest BCUT2D eigenvalue weighted by atomic mass is 19.1. The van der Waals surface area contributed by atoms with Gasteiger partial charge in [0.25, 0.3) is 0 Å². The van der Waals surface area contributed by atoms with Crippen molar-refractivity contribution in [1.82, 2.24) is 5.32 Å². The van der Waals surface area contributed by atoms with E-state index in [1.165, 1.54) is 0 Å². The van der Waals surface area contributed by atoms with Crippen LogP contribution < -0.4 is 5.32 Å². The molecule has 0 aliphatic carbocycles. The van der Waals surface area contributed by atoms with Gasteiger partial charge in [-0.1, -0.05) is 12.1 Å². The minimum absolute atomic E-state index is 0.162. The van der Waals surface area contributed by atoms with Gasteiger partial charge in [0.1, 0.15) is 5.82 Å². The summed E-state index contributed by atoms with van der Waals surface area (Å²) in [5.41, 5.74) is 1.60. The van der Waals surface area contributed by atoms with Crippen LogP contribution in [0.15, 0.2) is 18.2 Å². The number of hydrogen-bond donors (Lipinski definition) is 2. The Labute approximate surface area is 90.1 Å². The number of nitrogens with one attached hydrogen (secondary N) is 1. The second-order valence-electron chi connectivity index (χ2n) is 3.90. The summed E-state index contributed by atoms with van der Waals surface area (Å²) < 4.78 is 13.1. The van der Waals surface area contributed by atoms with E-state index in [0.29, 0.717) is 18.5 Å². The minimum Gasteiger partial charge on any atom is -0.393 e. The molecule has 0 aromatic heterocycles. The van der Waals surface area contributed by atoms with Crippen LogP contribution in [0.3, 0.4) is 0 Å². The fourth-order valence-electron chi connectivity index (χ4n) is 1.29. The SMILES string of the molecule is Cc1ccc(CNCC[C@H](C)O)cc1F. The smallest absolute Gasteiger partial charge is 0.126 e. The molecule has 3 heteroatoms. The molecule has 15 heavy (non-hydrogen) atoms. The zero-order valence-electron chi connectivity index (χ0n) is 9.26. The molecule has 0 heterocycles. The van der Waals surface area contributed by atoms with Crippen molar-refractivity contribution in [1.29, 1.82) is 0 Å². The lowest BCUT2D eigenvalue weighted by Gasteiger charge is -2.07. The van der Waals surface area contributed by atoms with Gasteiger partial charge in [0.2, 0.25) is 0 Å². The molecule has 1 rings (SSSR count). The first-order chi connectivity index (χ1) is 7.09. The second kappa shape index (κ2) is 5.83. The summed E-state index contributed by atoms with van der Waals surface area (Å²) in [6.07, 6.45) is 0.432. The number of hydrogen-bond acceptors (Lipinski definition) is 2. The summed E-state index contributed by atoms with van der Waals surface area (Å²) >= 11 is 0. The Kier molecular flexibility index (Phi) is 4.72. The van der Waals surface area contributed by atoms with E-state index in [2.05, 4.69) is 5.32 Å². The Morgan fingerprint density at radius 2 is 2.20 bits per heavy atom. The molecule has 0 fully saturated rings. The van der Waals surface area contributed by atoms with Gasteiger partial charge in [-0.05, 0) is 44.0 Å². The van der Waals surface area contributed by atoms with Crippen molar-refractivity contribution in [3.63, 3.8) is 0 Å². The van der Waals surface area contributed by atoms with Gasteiger partial charge in [-0.25, -0.2) is 4.39 Å². The van der Waals surface area contributed by atoms with E-state index in [1.54, 1.807) is 26.0 Å². The number of rotatable bonds is 5. The van der Waals surface area contributed by atoms with Crippen molar-refractivity contribution in [3.8, 4) is 0 Å². The van der Waals surface area contributed by atoms with Crippen LogP contribution in [-0.2, 0) is 6.54 Å². The van der Waals surface area contributed by atoms with Crippen molar-refractivity contribution in [2.45, 2.75) is 32.9 Å². The van der Waals surface area contributed by atoms with Crippen LogP contribution in [0.5, 0.6) is 0 Å². The number of benzene rings is 1. The maximum Gasteiger partial charge on any atom is 0.126 e. The van der Waals surface area contributed by atoms with E-state index in [9.17, 15) is 4.39 Å². The monoisotopic (exact) mass is 211 g/mol. The zero-order valence-corrected chi connectivity index (χ0v) is 9.26. The number of aliphatic hydroxyl groups excluding tert-OH is 1.